The zero-order valence-corrected chi connectivity index (χ0v) is 12.3. The van der Waals surface area contributed by atoms with E-state index in [1.165, 1.54) is 0 Å². The second-order valence-electron chi connectivity index (χ2n) is 4.86. The van der Waals surface area contributed by atoms with Crippen LogP contribution in [0.5, 0.6) is 5.75 Å². The normalized spacial score (nSPS) is 10.4. The average molecular weight is 284 g/mol. The van der Waals surface area contributed by atoms with Crippen molar-refractivity contribution in [1.82, 2.24) is 0 Å². The van der Waals surface area contributed by atoms with Gasteiger partial charge in [0.2, 0.25) is 0 Å². The molecule has 4 heteroatoms. The van der Waals surface area contributed by atoms with Gasteiger partial charge in [-0.15, -0.1) is 0 Å². The molecule has 2 aromatic rings. The molecule has 0 aromatic heterocycles. The lowest BCUT2D eigenvalue weighted by Gasteiger charge is -2.15. The molecule has 0 aliphatic heterocycles. The number of nitrogens with one attached hydrogen (secondary N) is 1. The number of nitrogen functional groups attached to an aromatic ring is 1. The first-order valence-electron chi connectivity index (χ1n) is 7.08. The van der Waals surface area contributed by atoms with E-state index >= 15 is 0 Å². The third kappa shape index (κ3) is 2.99. The van der Waals surface area contributed by atoms with Crippen LogP contribution in [0.2, 0.25) is 0 Å². The van der Waals surface area contributed by atoms with Gasteiger partial charge >= 0.3 is 0 Å². The number of aromatic hydroxyl groups is 1. The Morgan fingerprint density at radius 1 is 1.10 bits per heavy atom. The number of carbonyl (C=O) groups excluding carboxylic acids is 1. The van der Waals surface area contributed by atoms with Crippen molar-refractivity contribution in [3.8, 4) is 5.75 Å². The molecule has 0 aliphatic carbocycles. The number of benzene rings is 2. The van der Waals surface area contributed by atoms with Crippen LogP contribution in [0.3, 0.4) is 0 Å². The Bertz CT molecular complexity index is 644. The smallest absolute Gasteiger partial charge is 0.259 e. The fraction of sp³-hybridized carbons (Fsp3) is 0.235. The van der Waals surface area contributed by atoms with Gasteiger partial charge in [0.1, 0.15) is 0 Å². The summed E-state index contributed by atoms with van der Waals surface area (Å²) < 4.78 is 0. The van der Waals surface area contributed by atoms with E-state index in [-0.39, 0.29) is 22.9 Å². The van der Waals surface area contributed by atoms with Crippen molar-refractivity contribution < 1.29 is 9.90 Å². The SMILES string of the molecule is CCc1cccc(CC)c1NC(=O)c1cccc(N)c1O. The summed E-state index contributed by atoms with van der Waals surface area (Å²) in [6, 6.07) is 10.7. The van der Waals surface area contributed by atoms with Gasteiger partial charge in [0, 0.05) is 5.69 Å². The zero-order chi connectivity index (χ0) is 15.4. The summed E-state index contributed by atoms with van der Waals surface area (Å²) >= 11 is 0. The minimum atomic E-state index is -0.351. The highest BCUT2D eigenvalue weighted by Gasteiger charge is 2.15. The van der Waals surface area contributed by atoms with Crippen LogP contribution in [-0.4, -0.2) is 11.0 Å². The van der Waals surface area contributed by atoms with Gasteiger partial charge in [-0.3, -0.25) is 4.79 Å². The van der Waals surface area contributed by atoms with Crippen molar-refractivity contribution in [2.45, 2.75) is 26.7 Å². The summed E-state index contributed by atoms with van der Waals surface area (Å²) in [5.74, 6) is -0.530. The molecule has 21 heavy (non-hydrogen) atoms. The molecule has 0 aliphatic rings. The molecule has 0 saturated heterocycles. The maximum atomic E-state index is 12.4. The Hall–Kier alpha value is -2.49. The van der Waals surface area contributed by atoms with Gasteiger partial charge in [-0.2, -0.15) is 0 Å². The molecular weight excluding hydrogens is 264 g/mol. The molecule has 0 saturated carbocycles. The highest BCUT2D eigenvalue weighted by Crippen LogP contribution is 2.27. The van der Waals surface area contributed by atoms with Crippen LogP contribution in [0.25, 0.3) is 0 Å². The standard InChI is InChI=1S/C17H20N2O2/c1-3-11-7-5-8-12(4-2)15(11)19-17(21)13-9-6-10-14(18)16(13)20/h5-10,20H,3-4,18H2,1-2H3,(H,19,21). The lowest BCUT2D eigenvalue weighted by molar-refractivity contribution is 0.102. The van der Waals surface area contributed by atoms with Crippen LogP contribution in [0.15, 0.2) is 36.4 Å². The molecule has 0 fully saturated rings. The number of carbonyl (C=O) groups is 1. The summed E-state index contributed by atoms with van der Waals surface area (Å²) in [5.41, 5.74) is 8.99. The molecule has 110 valence electrons. The minimum Gasteiger partial charge on any atom is -0.505 e. The summed E-state index contributed by atoms with van der Waals surface area (Å²) in [5, 5.41) is 12.8. The van der Waals surface area contributed by atoms with Crippen LogP contribution in [0, 0.1) is 0 Å². The quantitative estimate of drug-likeness (QED) is 0.595. The van der Waals surface area contributed by atoms with Crippen molar-refractivity contribution in [3.63, 3.8) is 0 Å². The third-order valence-electron chi connectivity index (χ3n) is 3.55. The molecule has 0 bridgehead atoms. The summed E-state index contributed by atoms with van der Waals surface area (Å²) in [6.07, 6.45) is 1.65. The summed E-state index contributed by atoms with van der Waals surface area (Å²) in [7, 11) is 0. The maximum absolute atomic E-state index is 12.4. The van der Waals surface area contributed by atoms with Gasteiger partial charge in [-0.25, -0.2) is 0 Å². The third-order valence-corrected chi connectivity index (χ3v) is 3.55. The van der Waals surface area contributed by atoms with Gasteiger partial charge in [0.05, 0.1) is 11.3 Å². The molecule has 0 atom stereocenters. The first-order valence-corrected chi connectivity index (χ1v) is 7.08. The molecule has 0 spiro atoms. The molecule has 0 heterocycles. The predicted molar refractivity (Wildman–Crippen MR) is 85.7 cm³/mol. The number of phenols is 1. The Morgan fingerprint density at radius 3 is 2.24 bits per heavy atom. The van der Waals surface area contributed by atoms with Crippen LogP contribution < -0.4 is 11.1 Å². The lowest BCUT2D eigenvalue weighted by Crippen LogP contribution is -2.15. The largest absolute Gasteiger partial charge is 0.505 e. The first kappa shape index (κ1) is 14.9. The summed E-state index contributed by atoms with van der Waals surface area (Å²) in [4.78, 5) is 12.4. The van der Waals surface area contributed by atoms with E-state index in [1.807, 2.05) is 32.0 Å². The summed E-state index contributed by atoms with van der Waals surface area (Å²) in [6.45, 7) is 4.09. The van der Waals surface area contributed by atoms with Gasteiger partial charge < -0.3 is 16.2 Å². The van der Waals surface area contributed by atoms with Gasteiger partial charge in [0.15, 0.2) is 5.75 Å². The van der Waals surface area contributed by atoms with Gasteiger partial charge in [-0.05, 0) is 36.1 Å². The molecule has 4 nitrogen and oxygen atoms in total. The molecule has 2 rings (SSSR count). The molecule has 4 N–H and O–H groups in total. The van der Waals surface area contributed by atoms with E-state index in [1.54, 1.807) is 18.2 Å². The number of nitrogens with two attached hydrogens (primary N) is 1. The fourth-order valence-corrected chi connectivity index (χ4v) is 2.33. The molecule has 1 amide bonds. The van der Waals surface area contributed by atoms with Crippen LogP contribution in [0.1, 0.15) is 35.3 Å². The van der Waals surface area contributed by atoms with Gasteiger partial charge in [0.25, 0.3) is 5.91 Å². The van der Waals surface area contributed by atoms with Gasteiger partial charge in [-0.1, -0.05) is 38.1 Å². The number of para-hydroxylation sites is 2. The molecular formula is C17H20N2O2. The van der Waals surface area contributed by atoms with E-state index in [2.05, 4.69) is 5.32 Å². The number of anilines is 2. The Morgan fingerprint density at radius 2 is 1.67 bits per heavy atom. The number of amides is 1. The second-order valence-corrected chi connectivity index (χ2v) is 4.86. The van der Waals surface area contributed by atoms with Crippen molar-refractivity contribution in [2.24, 2.45) is 0 Å². The predicted octanol–water partition coefficient (Wildman–Crippen LogP) is 3.35. The number of phenolic OH excluding ortho intramolecular Hbond substituents is 1. The lowest BCUT2D eigenvalue weighted by atomic mass is 10.0. The highest BCUT2D eigenvalue weighted by atomic mass is 16.3. The topological polar surface area (TPSA) is 75.4 Å². The first-order chi connectivity index (χ1) is 10.1. The highest BCUT2D eigenvalue weighted by molar-refractivity contribution is 6.07. The Labute approximate surface area is 124 Å². The van der Waals surface area contributed by atoms with E-state index in [4.69, 9.17) is 5.73 Å². The van der Waals surface area contributed by atoms with E-state index in [0.717, 1.165) is 29.7 Å². The number of rotatable bonds is 4. The van der Waals surface area contributed by atoms with Crippen molar-refractivity contribution in [2.75, 3.05) is 11.1 Å². The molecule has 2 aromatic carbocycles. The number of hydrogen-bond acceptors (Lipinski definition) is 3. The zero-order valence-electron chi connectivity index (χ0n) is 12.3. The van der Waals surface area contributed by atoms with Crippen LogP contribution >= 0.6 is 0 Å². The Balaban J connectivity index is 2.38. The van der Waals surface area contributed by atoms with Crippen molar-refractivity contribution in [1.29, 1.82) is 0 Å². The van der Waals surface area contributed by atoms with E-state index in [9.17, 15) is 9.90 Å². The maximum Gasteiger partial charge on any atom is 0.259 e. The van der Waals surface area contributed by atoms with E-state index < -0.39 is 0 Å². The van der Waals surface area contributed by atoms with Crippen LogP contribution in [-0.2, 0) is 12.8 Å². The molecule has 0 unspecified atom stereocenters. The van der Waals surface area contributed by atoms with Crippen molar-refractivity contribution in [3.05, 3.63) is 53.1 Å². The average Bonchev–Trinajstić information content (AvgIpc) is 2.50. The monoisotopic (exact) mass is 284 g/mol. The van der Waals surface area contributed by atoms with Crippen LogP contribution in [0.4, 0.5) is 11.4 Å². The number of hydrogen-bond donors (Lipinski definition) is 3. The fourth-order valence-electron chi connectivity index (χ4n) is 2.33. The second kappa shape index (κ2) is 6.31. The molecule has 0 radical (unpaired) electrons. The number of aryl methyl sites for hydroxylation is 2. The van der Waals surface area contributed by atoms with Crippen molar-refractivity contribution >= 4 is 17.3 Å². The van der Waals surface area contributed by atoms with E-state index in [0.29, 0.717) is 0 Å². The Kier molecular flexibility index (Phi) is 4.48. The minimum absolute atomic E-state index is 0.179.